The Hall–Kier alpha value is -0.353. The van der Waals surface area contributed by atoms with E-state index < -0.39 is 8.32 Å². The van der Waals surface area contributed by atoms with E-state index in [-0.39, 0.29) is 17.1 Å². The predicted molar refractivity (Wildman–Crippen MR) is 120 cm³/mol. The van der Waals surface area contributed by atoms with E-state index in [2.05, 4.69) is 47.7 Å². The molecule has 28 heavy (non-hydrogen) atoms. The van der Waals surface area contributed by atoms with Crippen molar-refractivity contribution in [3.8, 4) is 0 Å². The fraction of sp³-hybridized carbons (Fsp3) is 0.958. The Kier molecular flexibility index (Phi) is 7.51. The molecule has 5 atom stereocenters. The first-order chi connectivity index (χ1) is 12.8. The monoisotopic (exact) mass is 410 g/mol. The van der Waals surface area contributed by atoms with Crippen LogP contribution in [-0.2, 0) is 14.0 Å². The maximum absolute atomic E-state index is 12.0. The van der Waals surface area contributed by atoms with E-state index in [1.807, 2.05) is 13.8 Å². The molecule has 0 bridgehead atoms. The lowest BCUT2D eigenvalue weighted by Crippen LogP contribution is -2.50. The second-order valence-corrected chi connectivity index (χ2v) is 16.4. The highest BCUT2D eigenvalue weighted by atomic mass is 28.4. The van der Waals surface area contributed by atoms with Crippen molar-refractivity contribution < 1.29 is 14.0 Å². The minimum absolute atomic E-state index is 0.0113. The van der Waals surface area contributed by atoms with Gasteiger partial charge in [0.1, 0.15) is 0 Å². The summed E-state index contributed by atoms with van der Waals surface area (Å²) in [4.78, 5) is 12.0. The zero-order chi connectivity index (χ0) is 21.3. The van der Waals surface area contributed by atoms with Gasteiger partial charge in [0.05, 0.1) is 6.10 Å². The molecule has 2 fully saturated rings. The average molecular weight is 411 g/mol. The Balaban J connectivity index is 2.03. The van der Waals surface area contributed by atoms with Crippen LogP contribution in [0.25, 0.3) is 0 Å². The normalized spacial score (nSPS) is 32.3. The topological polar surface area (TPSA) is 35.5 Å². The van der Waals surface area contributed by atoms with Crippen LogP contribution >= 0.6 is 0 Å². The van der Waals surface area contributed by atoms with E-state index in [4.69, 9.17) is 9.16 Å². The standard InChI is InChI=1S/C24H46O3Si/c1-17(2)26-22(25)15-12-18(3)19-13-14-20-21(11-10-16-24(19,20)7)27-28(8,9)23(4,5)6/h17-21H,10-16H2,1-9H3/t18-,19-,20+,21+,24-/m1/s1. The minimum atomic E-state index is -1.74. The Morgan fingerprint density at radius 1 is 1.14 bits per heavy atom. The van der Waals surface area contributed by atoms with E-state index >= 15 is 0 Å². The Labute approximate surface area is 175 Å². The van der Waals surface area contributed by atoms with Gasteiger partial charge in [-0.1, -0.05) is 41.0 Å². The summed E-state index contributed by atoms with van der Waals surface area (Å²) in [7, 11) is -1.74. The molecule has 0 aromatic carbocycles. The Morgan fingerprint density at radius 3 is 2.36 bits per heavy atom. The van der Waals surface area contributed by atoms with Gasteiger partial charge in [0.25, 0.3) is 0 Å². The number of hydrogen-bond donors (Lipinski definition) is 0. The zero-order valence-corrected chi connectivity index (χ0v) is 21.1. The molecule has 164 valence electrons. The lowest BCUT2D eigenvalue weighted by atomic mass is 9.61. The molecule has 0 N–H and O–H groups in total. The number of ether oxygens (including phenoxy) is 1. The average Bonchev–Trinajstić information content (AvgIpc) is 2.88. The highest BCUT2D eigenvalue weighted by Gasteiger charge is 2.54. The van der Waals surface area contributed by atoms with Gasteiger partial charge in [-0.2, -0.15) is 0 Å². The van der Waals surface area contributed by atoms with Gasteiger partial charge in [-0.25, -0.2) is 0 Å². The summed E-state index contributed by atoms with van der Waals surface area (Å²) in [6.45, 7) is 20.6. The first kappa shape index (κ1) is 23.9. The maximum Gasteiger partial charge on any atom is 0.306 e. The molecule has 4 heteroatoms. The van der Waals surface area contributed by atoms with E-state index in [1.54, 1.807) is 0 Å². The van der Waals surface area contributed by atoms with Gasteiger partial charge in [-0.05, 0) is 87.3 Å². The molecule has 0 aromatic heterocycles. The quantitative estimate of drug-likeness (QED) is 0.336. The Bertz CT molecular complexity index is 536. The summed E-state index contributed by atoms with van der Waals surface area (Å²) in [5.74, 6) is 1.92. The molecule has 2 aliphatic carbocycles. The van der Waals surface area contributed by atoms with Gasteiger partial charge in [0.15, 0.2) is 8.32 Å². The molecule has 0 unspecified atom stereocenters. The van der Waals surface area contributed by atoms with Crippen LogP contribution in [0, 0.1) is 23.2 Å². The van der Waals surface area contributed by atoms with Crippen LogP contribution in [0.3, 0.4) is 0 Å². The zero-order valence-electron chi connectivity index (χ0n) is 20.1. The molecular weight excluding hydrogens is 364 g/mol. The van der Waals surface area contributed by atoms with Crippen molar-refractivity contribution in [2.45, 2.75) is 124 Å². The van der Waals surface area contributed by atoms with Crippen LogP contribution in [0.5, 0.6) is 0 Å². The molecule has 0 saturated heterocycles. The van der Waals surface area contributed by atoms with E-state index in [0.29, 0.717) is 35.7 Å². The maximum atomic E-state index is 12.0. The molecule has 0 aliphatic heterocycles. The molecule has 0 heterocycles. The van der Waals surface area contributed by atoms with Gasteiger partial charge in [-0.15, -0.1) is 0 Å². The number of carbonyl (C=O) groups excluding carboxylic acids is 1. The van der Waals surface area contributed by atoms with E-state index in [1.165, 1.54) is 32.1 Å². The fourth-order valence-corrected chi connectivity index (χ4v) is 7.05. The molecule has 3 nitrogen and oxygen atoms in total. The number of esters is 1. The van der Waals surface area contributed by atoms with Crippen LogP contribution in [0.2, 0.25) is 18.1 Å². The highest BCUT2D eigenvalue weighted by molar-refractivity contribution is 6.74. The molecule has 2 aliphatic rings. The van der Waals surface area contributed by atoms with E-state index in [9.17, 15) is 4.79 Å². The van der Waals surface area contributed by atoms with Crippen molar-refractivity contribution in [1.29, 1.82) is 0 Å². The highest BCUT2D eigenvalue weighted by Crippen LogP contribution is 2.59. The number of rotatable bonds is 7. The predicted octanol–water partition coefficient (Wildman–Crippen LogP) is 6.96. The number of hydrogen-bond acceptors (Lipinski definition) is 3. The summed E-state index contributed by atoms with van der Waals surface area (Å²) >= 11 is 0. The number of carbonyl (C=O) groups is 1. The second kappa shape index (κ2) is 8.79. The van der Waals surface area contributed by atoms with Gasteiger partial charge in [0, 0.05) is 12.5 Å². The lowest BCUT2D eigenvalue weighted by Gasteiger charge is -2.50. The van der Waals surface area contributed by atoms with Crippen LogP contribution in [0.15, 0.2) is 0 Å². The summed E-state index contributed by atoms with van der Waals surface area (Å²) < 4.78 is 12.3. The molecule has 0 amide bonds. The van der Waals surface area contributed by atoms with Crippen molar-refractivity contribution in [3.05, 3.63) is 0 Å². The third kappa shape index (κ3) is 5.22. The van der Waals surface area contributed by atoms with Crippen LogP contribution < -0.4 is 0 Å². The number of fused-ring (bicyclic) bond motifs is 1. The van der Waals surface area contributed by atoms with Gasteiger partial charge in [0.2, 0.25) is 0 Å². The van der Waals surface area contributed by atoms with Crippen molar-refractivity contribution in [1.82, 2.24) is 0 Å². The molecule has 0 spiro atoms. The van der Waals surface area contributed by atoms with Gasteiger partial charge in [-0.3, -0.25) is 4.79 Å². The smallest absolute Gasteiger partial charge is 0.306 e. The van der Waals surface area contributed by atoms with Crippen LogP contribution in [-0.4, -0.2) is 26.5 Å². The van der Waals surface area contributed by atoms with E-state index in [0.717, 1.165) is 6.42 Å². The van der Waals surface area contributed by atoms with Crippen molar-refractivity contribution in [3.63, 3.8) is 0 Å². The fourth-order valence-electron chi connectivity index (χ4n) is 5.66. The SMILES string of the molecule is CC(C)OC(=O)CC[C@@H](C)[C@H]1CC[C@H]2[C@@H](O[Si](C)(C)C(C)(C)C)CCC[C@]12C. The van der Waals surface area contributed by atoms with Crippen molar-refractivity contribution >= 4 is 14.3 Å². The Morgan fingerprint density at radius 2 is 1.79 bits per heavy atom. The minimum Gasteiger partial charge on any atom is -0.463 e. The lowest BCUT2D eigenvalue weighted by molar-refractivity contribution is -0.147. The third-order valence-corrected chi connectivity index (χ3v) is 12.8. The third-order valence-electron chi connectivity index (χ3n) is 8.25. The summed E-state index contributed by atoms with van der Waals surface area (Å²) in [5.41, 5.74) is 0.368. The van der Waals surface area contributed by atoms with Crippen molar-refractivity contribution in [2.24, 2.45) is 23.2 Å². The van der Waals surface area contributed by atoms with Gasteiger partial charge < -0.3 is 9.16 Å². The second-order valence-electron chi connectivity index (χ2n) is 11.7. The molecule has 2 saturated carbocycles. The molecule has 0 radical (unpaired) electrons. The summed E-state index contributed by atoms with van der Waals surface area (Å²) in [5, 5.41) is 0.267. The van der Waals surface area contributed by atoms with Crippen LogP contribution in [0.1, 0.15) is 93.4 Å². The van der Waals surface area contributed by atoms with Crippen LogP contribution in [0.4, 0.5) is 0 Å². The molecule has 2 rings (SSSR count). The largest absolute Gasteiger partial charge is 0.463 e. The first-order valence-electron chi connectivity index (χ1n) is 11.6. The molecule has 0 aromatic rings. The first-order valence-corrected chi connectivity index (χ1v) is 14.6. The summed E-state index contributed by atoms with van der Waals surface area (Å²) in [6.07, 6.45) is 8.35. The molecular formula is C24H46O3Si. The van der Waals surface area contributed by atoms with Gasteiger partial charge >= 0.3 is 5.97 Å². The summed E-state index contributed by atoms with van der Waals surface area (Å²) in [6, 6.07) is 0. The van der Waals surface area contributed by atoms with Crippen molar-refractivity contribution in [2.75, 3.05) is 0 Å².